The van der Waals surface area contributed by atoms with E-state index in [1.165, 1.54) is 0 Å². The molecule has 63 valence electrons. The van der Waals surface area contributed by atoms with Crippen molar-refractivity contribution in [1.82, 2.24) is 0 Å². The minimum Gasteiger partial charge on any atom is -0.386 e. The second kappa shape index (κ2) is 3.36. The fourth-order valence-corrected chi connectivity index (χ4v) is 0.212. The summed E-state index contributed by atoms with van der Waals surface area (Å²) in [5.41, 5.74) is 0. The highest BCUT2D eigenvalue weighted by molar-refractivity contribution is 5.88. The maximum absolute atomic E-state index is 11.3. The Morgan fingerprint density at radius 3 is 2.09 bits per heavy atom. The van der Waals surface area contributed by atoms with Crippen LogP contribution in [0.2, 0.25) is 0 Å². The Bertz CT molecular complexity index is 172. The fourth-order valence-electron chi connectivity index (χ4n) is 0.212. The molecule has 0 spiro atoms. The molecule has 6 heteroatoms. The third-order valence-electron chi connectivity index (χ3n) is 0.642. The molecule has 0 aromatic rings. The van der Waals surface area contributed by atoms with E-state index < -0.39 is 24.5 Å². The molecule has 0 aliphatic heterocycles. The predicted molar refractivity (Wildman–Crippen MR) is 27.1 cm³/mol. The van der Waals surface area contributed by atoms with Crippen molar-refractivity contribution < 1.29 is 27.5 Å². The first-order valence-corrected chi connectivity index (χ1v) is 2.49. The van der Waals surface area contributed by atoms with Gasteiger partial charge in [-0.05, 0) is 6.92 Å². The van der Waals surface area contributed by atoms with Crippen LogP contribution in [0.4, 0.5) is 13.2 Å². The van der Waals surface area contributed by atoms with E-state index in [1.807, 2.05) is 0 Å². The van der Waals surface area contributed by atoms with Gasteiger partial charge in [-0.2, -0.15) is 13.2 Å². The van der Waals surface area contributed by atoms with Crippen LogP contribution < -0.4 is 0 Å². The van der Waals surface area contributed by atoms with Gasteiger partial charge in [0.2, 0.25) is 0 Å². The lowest BCUT2D eigenvalue weighted by molar-refractivity contribution is -0.201. The van der Waals surface area contributed by atoms with E-state index in [-0.39, 0.29) is 0 Å². The van der Waals surface area contributed by atoms with E-state index in [0.29, 0.717) is 0 Å². The van der Waals surface area contributed by atoms with Crippen molar-refractivity contribution in [2.75, 3.05) is 0 Å². The van der Waals surface area contributed by atoms with Crippen LogP contribution in [-0.4, -0.2) is 18.1 Å². The van der Waals surface area contributed by atoms with Crippen molar-refractivity contribution in [1.29, 1.82) is 0 Å². The van der Waals surface area contributed by atoms with Crippen LogP contribution in [0.5, 0.6) is 0 Å². The molecule has 0 heterocycles. The van der Waals surface area contributed by atoms with Gasteiger partial charge in [-0.3, -0.25) is 4.79 Å². The second-order valence-corrected chi connectivity index (χ2v) is 1.51. The molecule has 0 fully saturated rings. The smallest absolute Gasteiger partial charge is 0.386 e. The van der Waals surface area contributed by atoms with Crippen LogP contribution in [-0.2, 0) is 14.3 Å². The second-order valence-electron chi connectivity index (χ2n) is 1.51. The van der Waals surface area contributed by atoms with Gasteiger partial charge in [0.25, 0.3) is 0 Å². The number of hydrogen-bond acceptors (Lipinski definition) is 3. The molecule has 0 saturated carbocycles. The lowest BCUT2D eigenvalue weighted by atomic mass is 10.5. The van der Waals surface area contributed by atoms with Crippen molar-refractivity contribution in [3.8, 4) is 0 Å². The largest absolute Gasteiger partial charge is 0.491 e. The van der Waals surface area contributed by atoms with Crippen LogP contribution in [0.1, 0.15) is 6.42 Å². The maximum atomic E-state index is 11.3. The van der Waals surface area contributed by atoms with Crippen molar-refractivity contribution in [2.24, 2.45) is 0 Å². The van der Waals surface area contributed by atoms with E-state index in [9.17, 15) is 22.8 Å². The topological polar surface area (TPSA) is 43.4 Å². The summed E-state index contributed by atoms with van der Waals surface area (Å²) in [5.74, 6) is -3.81. The molecule has 0 N–H and O–H groups in total. The van der Waals surface area contributed by atoms with Crippen LogP contribution in [0.3, 0.4) is 0 Å². The Morgan fingerprint density at radius 1 is 1.36 bits per heavy atom. The first-order valence-electron chi connectivity index (χ1n) is 2.49. The standard InChI is InChI=1S/C5H4F3O3/c1-2-3(9)11-4(10)5(6,7)8/h1-2H2. The highest BCUT2D eigenvalue weighted by Crippen LogP contribution is 2.16. The van der Waals surface area contributed by atoms with Gasteiger partial charge in [0.15, 0.2) is 0 Å². The normalized spacial score (nSPS) is 10.9. The molecule has 0 aromatic heterocycles. The molecule has 11 heavy (non-hydrogen) atoms. The molecular formula is C5H4F3O3. The van der Waals surface area contributed by atoms with Gasteiger partial charge >= 0.3 is 18.1 Å². The predicted octanol–water partition coefficient (Wildman–Crippen LogP) is 0.843. The summed E-state index contributed by atoms with van der Waals surface area (Å²) in [5, 5.41) is 0. The molecule has 0 unspecified atom stereocenters. The minimum atomic E-state index is -5.12. The lowest BCUT2D eigenvalue weighted by Gasteiger charge is -2.03. The Morgan fingerprint density at radius 2 is 1.82 bits per heavy atom. The maximum Gasteiger partial charge on any atom is 0.491 e. The van der Waals surface area contributed by atoms with E-state index in [0.717, 1.165) is 0 Å². The first-order chi connectivity index (χ1) is 4.88. The number of ether oxygens (including phenoxy) is 1. The quantitative estimate of drug-likeness (QED) is 0.431. The highest BCUT2D eigenvalue weighted by atomic mass is 19.4. The third kappa shape index (κ3) is 3.59. The molecular weight excluding hydrogens is 165 g/mol. The van der Waals surface area contributed by atoms with Crippen LogP contribution >= 0.6 is 0 Å². The van der Waals surface area contributed by atoms with E-state index in [4.69, 9.17) is 0 Å². The molecule has 0 rings (SSSR count). The Hall–Kier alpha value is -1.07. The van der Waals surface area contributed by atoms with Gasteiger partial charge in [-0.1, -0.05) is 0 Å². The van der Waals surface area contributed by atoms with Gasteiger partial charge in [0.1, 0.15) is 0 Å². The summed E-state index contributed by atoms with van der Waals surface area (Å²) in [6.45, 7) is 2.93. The first kappa shape index (κ1) is 9.93. The zero-order valence-electron chi connectivity index (χ0n) is 5.27. The Labute approximate surface area is 60.1 Å². The number of esters is 2. The average Bonchev–Trinajstić information content (AvgIpc) is 1.85. The Kier molecular flexibility index (Phi) is 3.03. The zero-order chi connectivity index (χ0) is 9.07. The summed E-state index contributed by atoms with van der Waals surface area (Å²) in [7, 11) is 0. The zero-order valence-corrected chi connectivity index (χ0v) is 5.27. The van der Waals surface area contributed by atoms with Gasteiger partial charge < -0.3 is 4.74 Å². The summed E-state index contributed by atoms with van der Waals surface area (Å²) >= 11 is 0. The Balaban J connectivity index is 3.99. The molecule has 0 aliphatic rings. The number of rotatable bonds is 1. The molecule has 0 atom stereocenters. The van der Waals surface area contributed by atoms with Crippen molar-refractivity contribution >= 4 is 11.9 Å². The number of carbonyl (C=O) groups excluding carboxylic acids is 2. The van der Waals surface area contributed by atoms with E-state index in [2.05, 4.69) is 11.7 Å². The highest BCUT2D eigenvalue weighted by Gasteiger charge is 2.42. The number of hydrogen-bond donors (Lipinski definition) is 0. The molecule has 0 saturated heterocycles. The summed E-state index contributed by atoms with van der Waals surface area (Å²) in [6, 6.07) is 0. The van der Waals surface area contributed by atoms with Gasteiger partial charge in [-0.25, -0.2) is 4.79 Å². The summed E-state index contributed by atoms with van der Waals surface area (Å²) < 4.78 is 37.2. The van der Waals surface area contributed by atoms with Crippen LogP contribution in [0.25, 0.3) is 0 Å². The molecule has 3 nitrogen and oxygen atoms in total. The van der Waals surface area contributed by atoms with Gasteiger partial charge in [-0.15, -0.1) is 0 Å². The van der Waals surface area contributed by atoms with Gasteiger partial charge in [0, 0.05) is 6.42 Å². The summed E-state index contributed by atoms with van der Waals surface area (Å²) in [6.07, 6.45) is -5.63. The number of halogens is 3. The molecule has 0 bridgehead atoms. The van der Waals surface area contributed by atoms with Crippen molar-refractivity contribution in [3.05, 3.63) is 6.92 Å². The average molecular weight is 169 g/mol. The minimum absolute atomic E-state index is 0.512. The third-order valence-corrected chi connectivity index (χ3v) is 0.642. The van der Waals surface area contributed by atoms with Crippen molar-refractivity contribution in [2.45, 2.75) is 12.6 Å². The van der Waals surface area contributed by atoms with E-state index >= 15 is 0 Å². The monoisotopic (exact) mass is 169 g/mol. The molecule has 0 amide bonds. The molecule has 0 aromatic carbocycles. The molecule has 0 aliphatic carbocycles. The van der Waals surface area contributed by atoms with Crippen LogP contribution in [0, 0.1) is 6.92 Å². The number of alkyl halides is 3. The molecule has 1 radical (unpaired) electrons. The fraction of sp³-hybridized carbons (Fsp3) is 0.400. The summed E-state index contributed by atoms with van der Waals surface area (Å²) in [4.78, 5) is 19.9. The lowest BCUT2D eigenvalue weighted by Crippen LogP contribution is -2.27. The van der Waals surface area contributed by atoms with Crippen molar-refractivity contribution in [3.63, 3.8) is 0 Å². The van der Waals surface area contributed by atoms with Crippen LogP contribution in [0.15, 0.2) is 0 Å². The van der Waals surface area contributed by atoms with E-state index in [1.54, 1.807) is 0 Å². The number of carbonyl (C=O) groups is 2. The SMILES string of the molecule is [CH2]CC(=O)OC(=O)C(F)(F)F. The van der Waals surface area contributed by atoms with Gasteiger partial charge in [0.05, 0.1) is 0 Å².